The summed E-state index contributed by atoms with van der Waals surface area (Å²) < 4.78 is 5.43. The minimum absolute atomic E-state index is 0.636. The second-order valence-corrected chi connectivity index (χ2v) is 9.36. The Morgan fingerprint density at radius 2 is 1.56 bits per heavy atom. The van der Waals surface area contributed by atoms with Crippen LogP contribution in [0.2, 0.25) is 0 Å². The van der Waals surface area contributed by atoms with Crippen molar-refractivity contribution in [2.45, 2.75) is 51.9 Å². The quantitative estimate of drug-likeness (QED) is 0.514. The van der Waals surface area contributed by atoms with Crippen molar-refractivity contribution in [3.8, 4) is 0 Å². The summed E-state index contributed by atoms with van der Waals surface area (Å²) in [6.07, 6.45) is 6.30. The Hall–Kier alpha value is -1.16. The van der Waals surface area contributed by atoms with Crippen LogP contribution >= 0.6 is 11.3 Å². The van der Waals surface area contributed by atoms with E-state index in [0.29, 0.717) is 5.92 Å². The van der Waals surface area contributed by atoms with Crippen LogP contribution in [0.4, 0.5) is 0 Å². The highest BCUT2D eigenvalue weighted by atomic mass is 32.1. The standard InChI is InChI=1S/C24H35NOS/c1-20(14-15-25-16-18-26-19-17-25)8-10-23-12-13-24(27-23)11-9-21(2)22-6-4-3-5-7-22/h3-7,12-13,20-21H,8-11,14-19H2,1-2H3. The predicted octanol–water partition coefficient (Wildman–Crippen LogP) is 5.78. The van der Waals surface area contributed by atoms with Crippen molar-refractivity contribution < 1.29 is 4.74 Å². The lowest BCUT2D eigenvalue weighted by Gasteiger charge is -2.27. The van der Waals surface area contributed by atoms with E-state index in [2.05, 4.69) is 61.2 Å². The molecule has 3 rings (SSSR count). The molecule has 0 N–H and O–H groups in total. The van der Waals surface area contributed by atoms with Crippen molar-refractivity contribution in [3.05, 3.63) is 57.8 Å². The third-order valence-corrected chi connectivity index (χ3v) is 7.04. The Kier molecular flexibility index (Phi) is 8.37. The molecule has 2 unspecified atom stereocenters. The van der Waals surface area contributed by atoms with E-state index in [1.165, 1.54) is 44.2 Å². The number of morpholine rings is 1. The molecule has 2 aromatic rings. The summed E-state index contributed by atoms with van der Waals surface area (Å²) >= 11 is 2.03. The molecule has 3 heteroatoms. The minimum atomic E-state index is 0.636. The topological polar surface area (TPSA) is 12.5 Å². The number of hydrogen-bond acceptors (Lipinski definition) is 3. The zero-order chi connectivity index (χ0) is 18.9. The third kappa shape index (κ3) is 7.06. The van der Waals surface area contributed by atoms with Crippen molar-refractivity contribution in [2.75, 3.05) is 32.8 Å². The van der Waals surface area contributed by atoms with Gasteiger partial charge in [-0.3, -0.25) is 4.90 Å². The van der Waals surface area contributed by atoms with Crippen LogP contribution in [0.5, 0.6) is 0 Å². The van der Waals surface area contributed by atoms with Gasteiger partial charge in [-0.1, -0.05) is 44.2 Å². The van der Waals surface area contributed by atoms with Gasteiger partial charge in [0.1, 0.15) is 0 Å². The molecule has 1 aliphatic rings. The molecule has 27 heavy (non-hydrogen) atoms. The van der Waals surface area contributed by atoms with Crippen LogP contribution in [-0.2, 0) is 17.6 Å². The summed E-state index contributed by atoms with van der Waals surface area (Å²) in [7, 11) is 0. The molecule has 0 radical (unpaired) electrons. The van der Waals surface area contributed by atoms with Gasteiger partial charge in [0.15, 0.2) is 0 Å². The molecule has 0 amide bonds. The molecule has 0 saturated carbocycles. The molecule has 1 aliphatic heterocycles. The lowest BCUT2D eigenvalue weighted by Crippen LogP contribution is -2.37. The first-order chi connectivity index (χ1) is 13.2. The summed E-state index contributed by atoms with van der Waals surface area (Å²) in [5.74, 6) is 1.44. The van der Waals surface area contributed by atoms with E-state index in [0.717, 1.165) is 32.2 Å². The Morgan fingerprint density at radius 1 is 0.889 bits per heavy atom. The number of hydrogen-bond donors (Lipinski definition) is 0. The van der Waals surface area contributed by atoms with Crippen molar-refractivity contribution in [1.82, 2.24) is 4.90 Å². The fourth-order valence-corrected chi connectivity index (χ4v) is 4.81. The second kappa shape index (κ2) is 11.0. The van der Waals surface area contributed by atoms with Gasteiger partial charge in [0.25, 0.3) is 0 Å². The molecule has 1 aromatic carbocycles. The number of benzene rings is 1. The molecule has 0 bridgehead atoms. The molecule has 2 atom stereocenters. The van der Waals surface area contributed by atoms with Crippen LogP contribution in [0, 0.1) is 5.92 Å². The van der Waals surface area contributed by atoms with Crippen LogP contribution in [0.25, 0.3) is 0 Å². The molecular weight excluding hydrogens is 350 g/mol. The first-order valence-electron chi connectivity index (χ1n) is 10.6. The second-order valence-electron chi connectivity index (χ2n) is 8.10. The maximum absolute atomic E-state index is 5.43. The van der Waals surface area contributed by atoms with Crippen molar-refractivity contribution in [2.24, 2.45) is 5.92 Å². The minimum Gasteiger partial charge on any atom is -0.379 e. The largest absolute Gasteiger partial charge is 0.379 e. The highest BCUT2D eigenvalue weighted by Crippen LogP contribution is 2.26. The first kappa shape index (κ1) is 20.6. The summed E-state index contributed by atoms with van der Waals surface area (Å²) in [6.45, 7) is 10.0. The van der Waals surface area contributed by atoms with E-state index in [-0.39, 0.29) is 0 Å². The van der Waals surface area contributed by atoms with Crippen LogP contribution < -0.4 is 0 Å². The van der Waals surface area contributed by atoms with E-state index in [1.54, 1.807) is 9.75 Å². The number of aryl methyl sites for hydroxylation is 2. The Labute approximate surface area is 169 Å². The average molecular weight is 386 g/mol. The van der Waals surface area contributed by atoms with Gasteiger partial charge in [-0.15, -0.1) is 11.3 Å². The highest BCUT2D eigenvalue weighted by Gasteiger charge is 2.12. The van der Waals surface area contributed by atoms with Crippen molar-refractivity contribution in [3.63, 3.8) is 0 Å². The van der Waals surface area contributed by atoms with Gasteiger partial charge < -0.3 is 4.74 Å². The van der Waals surface area contributed by atoms with Gasteiger partial charge in [-0.05, 0) is 68.2 Å². The van der Waals surface area contributed by atoms with Gasteiger partial charge in [0, 0.05) is 22.8 Å². The Morgan fingerprint density at radius 3 is 2.26 bits per heavy atom. The highest BCUT2D eigenvalue weighted by molar-refractivity contribution is 7.11. The van der Waals surface area contributed by atoms with E-state index in [9.17, 15) is 0 Å². The van der Waals surface area contributed by atoms with Gasteiger partial charge >= 0.3 is 0 Å². The molecule has 0 spiro atoms. The van der Waals surface area contributed by atoms with Crippen molar-refractivity contribution >= 4 is 11.3 Å². The van der Waals surface area contributed by atoms with Crippen LogP contribution in [0.1, 0.15) is 54.3 Å². The van der Waals surface area contributed by atoms with E-state index in [4.69, 9.17) is 4.74 Å². The predicted molar refractivity (Wildman–Crippen MR) is 117 cm³/mol. The first-order valence-corrected chi connectivity index (χ1v) is 11.4. The molecular formula is C24H35NOS. The van der Waals surface area contributed by atoms with E-state index >= 15 is 0 Å². The number of ether oxygens (including phenoxy) is 1. The summed E-state index contributed by atoms with van der Waals surface area (Å²) in [6, 6.07) is 15.6. The summed E-state index contributed by atoms with van der Waals surface area (Å²) in [5, 5.41) is 0. The average Bonchev–Trinajstić information content (AvgIpc) is 3.18. The van der Waals surface area contributed by atoms with Crippen molar-refractivity contribution in [1.29, 1.82) is 0 Å². The van der Waals surface area contributed by atoms with E-state index in [1.807, 2.05) is 11.3 Å². The van der Waals surface area contributed by atoms with Crippen LogP contribution in [0.15, 0.2) is 42.5 Å². The number of nitrogens with zero attached hydrogens (tertiary/aromatic N) is 1. The summed E-state index contributed by atoms with van der Waals surface area (Å²) in [4.78, 5) is 5.67. The zero-order valence-corrected chi connectivity index (χ0v) is 17.8. The van der Waals surface area contributed by atoms with Crippen LogP contribution in [-0.4, -0.2) is 37.7 Å². The summed E-state index contributed by atoms with van der Waals surface area (Å²) in [5.41, 5.74) is 1.46. The third-order valence-electron chi connectivity index (χ3n) is 5.84. The van der Waals surface area contributed by atoms with Gasteiger partial charge in [0.05, 0.1) is 13.2 Å². The molecule has 148 valence electrons. The SMILES string of the molecule is CC(CCc1ccc(CCC(C)c2ccccc2)s1)CCN1CCOCC1. The van der Waals surface area contributed by atoms with Gasteiger partial charge in [-0.25, -0.2) is 0 Å². The zero-order valence-electron chi connectivity index (χ0n) is 17.0. The molecule has 1 fully saturated rings. The van der Waals surface area contributed by atoms with Gasteiger partial charge in [0.2, 0.25) is 0 Å². The maximum atomic E-state index is 5.43. The van der Waals surface area contributed by atoms with Crippen LogP contribution in [0.3, 0.4) is 0 Å². The lowest BCUT2D eigenvalue weighted by molar-refractivity contribution is 0.0355. The molecule has 2 nitrogen and oxygen atoms in total. The fraction of sp³-hybridized carbons (Fsp3) is 0.583. The molecule has 1 saturated heterocycles. The number of thiophene rings is 1. The maximum Gasteiger partial charge on any atom is 0.0594 e. The lowest BCUT2D eigenvalue weighted by atomic mass is 9.96. The molecule has 2 heterocycles. The normalized spacial score (nSPS) is 17.7. The monoisotopic (exact) mass is 385 g/mol. The van der Waals surface area contributed by atoms with Gasteiger partial charge in [-0.2, -0.15) is 0 Å². The molecule has 1 aromatic heterocycles. The fourth-order valence-electron chi connectivity index (χ4n) is 3.76. The van der Waals surface area contributed by atoms with E-state index < -0.39 is 0 Å². The number of rotatable bonds is 10. The smallest absolute Gasteiger partial charge is 0.0594 e. The molecule has 0 aliphatic carbocycles. The Balaban J connectivity index is 1.35. The Bertz CT molecular complexity index is 647.